The molecule has 0 spiro atoms. The Morgan fingerprint density at radius 3 is 3.00 bits per heavy atom. The van der Waals surface area contributed by atoms with Gasteiger partial charge >= 0.3 is 0 Å². The topological polar surface area (TPSA) is 70.2 Å². The van der Waals surface area contributed by atoms with E-state index in [1.807, 2.05) is 13.0 Å². The van der Waals surface area contributed by atoms with Crippen molar-refractivity contribution < 1.29 is 9.59 Å². The van der Waals surface area contributed by atoms with Crippen molar-refractivity contribution in [3.8, 4) is 0 Å². The third kappa shape index (κ3) is 3.42. The van der Waals surface area contributed by atoms with Crippen LogP contribution in [0.4, 0.5) is 5.69 Å². The van der Waals surface area contributed by atoms with Crippen LogP contribution in [-0.2, 0) is 9.59 Å². The largest absolute Gasteiger partial charge is 0.346 e. The lowest BCUT2D eigenvalue weighted by atomic mass is 9.67. The van der Waals surface area contributed by atoms with Crippen LogP contribution in [0.2, 0.25) is 5.02 Å². The molecule has 3 N–H and O–H groups in total. The minimum absolute atomic E-state index is 0.00218. The second-order valence-electron chi connectivity index (χ2n) is 6.94. The average Bonchev–Trinajstić information content (AvgIpc) is 3.00. The van der Waals surface area contributed by atoms with Gasteiger partial charge in [0, 0.05) is 6.54 Å². The van der Waals surface area contributed by atoms with Gasteiger partial charge in [0.25, 0.3) is 0 Å². The Balaban J connectivity index is 1.57. The zero-order valence-corrected chi connectivity index (χ0v) is 14.7. The number of nitrogens with one attached hydrogen (secondary N) is 3. The first-order valence-corrected chi connectivity index (χ1v) is 8.94. The summed E-state index contributed by atoms with van der Waals surface area (Å²) < 4.78 is 0. The first-order chi connectivity index (χ1) is 11.5. The van der Waals surface area contributed by atoms with Gasteiger partial charge in [0.15, 0.2) is 0 Å². The molecule has 24 heavy (non-hydrogen) atoms. The van der Waals surface area contributed by atoms with Crippen molar-refractivity contribution in [2.24, 2.45) is 11.3 Å². The van der Waals surface area contributed by atoms with Crippen LogP contribution in [0, 0.1) is 18.3 Å². The number of carbonyl (C=O) groups excluding carboxylic acids is 2. The highest BCUT2D eigenvalue weighted by molar-refractivity contribution is 6.33. The van der Waals surface area contributed by atoms with Crippen LogP contribution in [-0.4, -0.2) is 31.4 Å². The standard InChI is InChI=1S/C18H24ClN3O2/c1-12-5-6-15(14(19)8-12)22-16(23)10-21-17(24)18-7-3-2-4-13(18)9-20-11-18/h5-6,8,13,20H,2-4,7,9-11H2,1H3,(H,21,24)(H,22,23)/t13-,18+/m0/s1. The summed E-state index contributed by atoms with van der Waals surface area (Å²) in [6.45, 7) is 3.53. The van der Waals surface area contributed by atoms with Gasteiger partial charge in [0.2, 0.25) is 11.8 Å². The molecule has 130 valence electrons. The molecule has 5 nitrogen and oxygen atoms in total. The normalized spacial score (nSPS) is 25.8. The molecule has 2 fully saturated rings. The summed E-state index contributed by atoms with van der Waals surface area (Å²) in [6, 6.07) is 5.45. The predicted molar refractivity (Wildman–Crippen MR) is 95.1 cm³/mol. The number of hydrogen-bond acceptors (Lipinski definition) is 3. The summed E-state index contributed by atoms with van der Waals surface area (Å²) in [5.74, 6) is 0.132. The number of aryl methyl sites for hydroxylation is 1. The Morgan fingerprint density at radius 2 is 2.21 bits per heavy atom. The lowest BCUT2D eigenvalue weighted by Crippen LogP contribution is -2.49. The van der Waals surface area contributed by atoms with E-state index in [0.717, 1.165) is 37.9 Å². The number of benzene rings is 1. The van der Waals surface area contributed by atoms with E-state index in [9.17, 15) is 9.59 Å². The molecule has 1 heterocycles. The summed E-state index contributed by atoms with van der Waals surface area (Å²) in [5, 5.41) is 9.43. The average molecular weight is 350 g/mol. The Morgan fingerprint density at radius 1 is 1.38 bits per heavy atom. The Bertz CT molecular complexity index is 649. The zero-order chi connectivity index (χ0) is 17.2. The van der Waals surface area contributed by atoms with Gasteiger partial charge < -0.3 is 16.0 Å². The van der Waals surface area contributed by atoms with Crippen LogP contribution in [0.25, 0.3) is 0 Å². The summed E-state index contributed by atoms with van der Waals surface area (Å²) in [5.41, 5.74) is 1.26. The lowest BCUT2D eigenvalue weighted by molar-refractivity contribution is -0.135. The van der Waals surface area contributed by atoms with E-state index in [0.29, 0.717) is 16.6 Å². The highest BCUT2D eigenvalue weighted by atomic mass is 35.5. The van der Waals surface area contributed by atoms with Gasteiger partial charge in [-0.3, -0.25) is 9.59 Å². The summed E-state index contributed by atoms with van der Waals surface area (Å²) in [6.07, 6.45) is 4.26. The fourth-order valence-corrected chi connectivity index (χ4v) is 4.23. The third-order valence-electron chi connectivity index (χ3n) is 5.30. The molecule has 1 saturated carbocycles. The van der Waals surface area contributed by atoms with Gasteiger partial charge in [-0.25, -0.2) is 0 Å². The van der Waals surface area contributed by atoms with Crippen LogP contribution in [0.3, 0.4) is 0 Å². The quantitative estimate of drug-likeness (QED) is 0.782. The molecule has 0 radical (unpaired) electrons. The molecule has 1 aliphatic heterocycles. The van der Waals surface area contributed by atoms with E-state index in [-0.39, 0.29) is 23.8 Å². The molecule has 1 aromatic rings. The van der Waals surface area contributed by atoms with Gasteiger partial charge in [0.05, 0.1) is 22.7 Å². The molecule has 0 bridgehead atoms. The SMILES string of the molecule is Cc1ccc(NC(=O)CNC(=O)[C@@]23CCCC[C@H]2CNC3)c(Cl)c1. The van der Waals surface area contributed by atoms with Crippen LogP contribution in [0.5, 0.6) is 0 Å². The number of carbonyl (C=O) groups is 2. The highest BCUT2D eigenvalue weighted by Gasteiger charge is 2.49. The monoisotopic (exact) mass is 349 g/mol. The lowest BCUT2D eigenvalue weighted by Gasteiger charge is -2.37. The van der Waals surface area contributed by atoms with Crippen molar-refractivity contribution in [1.29, 1.82) is 0 Å². The molecule has 2 amide bonds. The van der Waals surface area contributed by atoms with Gasteiger partial charge in [-0.05, 0) is 49.9 Å². The van der Waals surface area contributed by atoms with Gasteiger partial charge in [-0.1, -0.05) is 30.5 Å². The minimum Gasteiger partial charge on any atom is -0.346 e. The molecule has 0 unspecified atom stereocenters. The van der Waals surface area contributed by atoms with Crippen LogP contribution in [0.15, 0.2) is 18.2 Å². The molecular weight excluding hydrogens is 326 g/mol. The van der Waals surface area contributed by atoms with E-state index in [4.69, 9.17) is 11.6 Å². The summed E-state index contributed by atoms with van der Waals surface area (Å²) in [7, 11) is 0. The summed E-state index contributed by atoms with van der Waals surface area (Å²) >= 11 is 6.12. The predicted octanol–water partition coefficient (Wildman–Crippen LogP) is 2.48. The number of fused-ring (bicyclic) bond motifs is 1. The van der Waals surface area contributed by atoms with Crippen LogP contribution >= 0.6 is 11.6 Å². The second-order valence-corrected chi connectivity index (χ2v) is 7.35. The number of hydrogen-bond donors (Lipinski definition) is 3. The maximum Gasteiger partial charge on any atom is 0.243 e. The van der Waals surface area contributed by atoms with Crippen LogP contribution < -0.4 is 16.0 Å². The van der Waals surface area contributed by atoms with E-state index < -0.39 is 0 Å². The van der Waals surface area contributed by atoms with E-state index in [2.05, 4.69) is 16.0 Å². The Labute approximate surface area is 147 Å². The van der Waals surface area contributed by atoms with Crippen molar-refractivity contribution in [3.63, 3.8) is 0 Å². The highest BCUT2D eigenvalue weighted by Crippen LogP contribution is 2.43. The smallest absolute Gasteiger partial charge is 0.243 e. The number of amides is 2. The first kappa shape index (κ1) is 17.2. The minimum atomic E-state index is -0.333. The van der Waals surface area contributed by atoms with Gasteiger partial charge in [-0.15, -0.1) is 0 Å². The molecule has 1 aliphatic carbocycles. The Hall–Kier alpha value is -1.59. The molecule has 2 aliphatic rings. The Kier molecular flexibility index (Phi) is 5.11. The number of rotatable bonds is 4. The van der Waals surface area contributed by atoms with Crippen molar-refractivity contribution in [1.82, 2.24) is 10.6 Å². The molecule has 6 heteroatoms. The third-order valence-corrected chi connectivity index (χ3v) is 5.61. The van der Waals surface area contributed by atoms with Crippen molar-refractivity contribution >= 4 is 29.1 Å². The zero-order valence-electron chi connectivity index (χ0n) is 14.0. The molecule has 2 atom stereocenters. The fraction of sp³-hybridized carbons (Fsp3) is 0.556. The van der Waals surface area contributed by atoms with Gasteiger partial charge in [-0.2, -0.15) is 0 Å². The molecule has 1 aromatic carbocycles. The van der Waals surface area contributed by atoms with Crippen molar-refractivity contribution in [3.05, 3.63) is 28.8 Å². The molecule has 1 saturated heterocycles. The van der Waals surface area contributed by atoms with Gasteiger partial charge in [0.1, 0.15) is 0 Å². The maximum atomic E-state index is 12.7. The number of anilines is 1. The summed E-state index contributed by atoms with van der Waals surface area (Å²) in [4.78, 5) is 24.8. The van der Waals surface area contributed by atoms with E-state index in [1.54, 1.807) is 12.1 Å². The first-order valence-electron chi connectivity index (χ1n) is 8.56. The molecular formula is C18H24ClN3O2. The number of halogens is 1. The van der Waals surface area contributed by atoms with Crippen LogP contribution in [0.1, 0.15) is 31.2 Å². The van der Waals surface area contributed by atoms with Crippen molar-refractivity contribution in [2.75, 3.05) is 25.0 Å². The second kappa shape index (κ2) is 7.11. The molecule has 0 aromatic heterocycles. The van der Waals surface area contributed by atoms with E-state index in [1.165, 1.54) is 6.42 Å². The maximum absolute atomic E-state index is 12.7. The van der Waals surface area contributed by atoms with Crippen molar-refractivity contribution in [2.45, 2.75) is 32.6 Å². The van der Waals surface area contributed by atoms with E-state index >= 15 is 0 Å². The fourth-order valence-electron chi connectivity index (χ4n) is 3.94. The molecule has 3 rings (SSSR count).